The first-order chi connectivity index (χ1) is 8.94. The zero-order valence-corrected chi connectivity index (χ0v) is 12.5. The maximum atomic E-state index is 12.7. The van der Waals surface area contributed by atoms with Gasteiger partial charge in [0.15, 0.2) is 0 Å². The van der Waals surface area contributed by atoms with Crippen molar-refractivity contribution < 1.29 is 8.42 Å². The van der Waals surface area contributed by atoms with Crippen LogP contribution >= 0.6 is 0 Å². The SMILES string of the molecule is Cc1n[nH]c(C)c1S(=O)(=O)N(C)C1CCCNCC1. The molecule has 2 heterocycles. The van der Waals surface area contributed by atoms with Gasteiger partial charge in [-0.15, -0.1) is 0 Å². The highest BCUT2D eigenvalue weighted by molar-refractivity contribution is 7.89. The molecule has 1 saturated heterocycles. The van der Waals surface area contributed by atoms with E-state index in [9.17, 15) is 8.42 Å². The highest BCUT2D eigenvalue weighted by Gasteiger charge is 2.31. The summed E-state index contributed by atoms with van der Waals surface area (Å²) in [5, 5.41) is 10.0. The van der Waals surface area contributed by atoms with E-state index in [0.29, 0.717) is 16.3 Å². The van der Waals surface area contributed by atoms with Crippen LogP contribution in [0.25, 0.3) is 0 Å². The molecule has 1 atom stereocenters. The van der Waals surface area contributed by atoms with Crippen LogP contribution in [-0.4, -0.2) is 49.1 Å². The van der Waals surface area contributed by atoms with Gasteiger partial charge in [-0.05, 0) is 46.2 Å². The Bertz CT molecular complexity index is 510. The summed E-state index contributed by atoms with van der Waals surface area (Å²) in [6, 6.07) is 0.0636. The number of nitrogens with one attached hydrogen (secondary N) is 2. The molecular weight excluding hydrogens is 264 g/mol. The van der Waals surface area contributed by atoms with Crippen LogP contribution in [0, 0.1) is 13.8 Å². The molecule has 0 aromatic carbocycles. The minimum absolute atomic E-state index is 0.0636. The van der Waals surface area contributed by atoms with Crippen LogP contribution in [0.2, 0.25) is 0 Å². The fourth-order valence-corrected chi connectivity index (χ4v) is 4.37. The van der Waals surface area contributed by atoms with Crippen molar-refractivity contribution in [1.29, 1.82) is 0 Å². The van der Waals surface area contributed by atoms with Gasteiger partial charge in [-0.2, -0.15) is 9.40 Å². The zero-order valence-electron chi connectivity index (χ0n) is 11.7. The fraction of sp³-hybridized carbons (Fsp3) is 0.750. The minimum Gasteiger partial charge on any atom is -0.317 e. The van der Waals surface area contributed by atoms with E-state index < -0.39 is 10.0 Å². The first-order valence-corrected chi connectivity index (χ1v) is 8.09. The monoisotopic (exact) mass is 286 g/mol. The Labute approximate surface area is 114 Å². The highest BCUT2D eigenvalue weighted by Crippen LogP contribution is 2.24. The molecule has 1 unspecified atom stereocenters. The van der Waals surface area contributed by atoms with E-state index in [1.807, 2.05) is 0 Å². The van der Waals surface area contributed by atoms with E-state index in [-0.39, 0.29) is 6.04 Å². The average Bonchev–Trinajstić information content (AvgIpc) is 2.59. The van der Waals surface area contributed by atoms with Crippen molar-refractivity contribution in [3.05, 3.63) is 11.4 Å². The topological polar surface area (TPSA) is 78.1 Å². The van der Waals surface area contributed by atoms with E-state index in [1.54, 1.807) is 20.9 Å². The van der Waals surface area contributed by atoms with Gasteiger partial charge in [0.25, 0.3) is 0 Å². The molecule has 2 N–H and O–H groups in total. The van der Waals surface area contributed by atoms with E-state index in [0.717, 1.165) is 32.4 Å². The van der Waals surface area contributed by atoms with Crippen molar-refractivity contribution >= 4 is 10.0 Å². The summed E-state index contributed by atoms with van der Waals surface area (Å²) in [6.07, 6.45) is 2.76. The average molecular weight is 286 g/mol. The molecule has 0 bridgehead atoms. The van der Waals surface area contributed by atoms with Gasteiger partial charge in [0, 0.05) is 13.1 Å². The molecule has 0 saturated carbocycles. The molecule has 19 heavy (non-hydrogen) atoms. The van der Waals surface area contributed by atoms with Crippen LogP contribution in [-0.2, 0) is 10.0 Å². The Kier molecular flexibility index (Phi) is 4.27. The third kappa shape index (κ3) is 2.82. The number of nitrogens with zero attached hydrogens (tertiary/aromatic N) is 2. The minimum atomic E-state index is -3.46. The maximum absolute atomic E-state index is 12.7. The second-order valence-corrected chi connectivity index (χ2v) is 7.05. The van der Waals surface area contributed by atoms with Crippen molar-refractivity contribution in [3.63, 3.8) is 0 Å². The number of sulfonamides is 1. The normalized spacial score (nSPS) is 21.6. The van der Waals surface area contributed by atoms with Crippen LogP contribution in [0.4, 0.5) is 0 Å². The summed E-state index contributed by atoms with van der Waals surface area (Å²) < 4.78 is 26.9. The smallest absolute Gasteiger partial charge is 0.246 e. The third-order valence-corrected chi connectivity index (χ3v) is 5.93. The number of aromatic amines is 1. The molecule has 2 rings (SSSR count). The Morgan fingerprint density at radius 1 is 1.26 bits per heavy atom. The van der Waals surface area contributed by atoms with Gasteiger partial charge in [0.05, 0.1) is 11.4 Å². The Balaban J connectivity index is 2.28. The van der Waals surface area contributed by atoms with Gasteiger partial charge in [-0.3, -0.25) is 5.10 Å². The van der Waals surface area contributed by atoms with E-state index in [4.69, 9.17) is 0 Å². The zero-order chi connectivity index (χ0) is 14.0. The van der Waals surface area contributed by atoms with Crippen molar-refractivity contribution in [1.82, 2.24) is 19.8 Å². The molecule has 0 aliphatic carbocycles. The molecule has 7 heteroatoms. The van der Waals surface area contributed by atoms with Gasteiger partial charge >= 0.3 is 0 Å². The second-order valence-electron chi connectivity index (χ2n) is 5.12. The molecule has 1 aromatic heterocycles. The number of aromatic nitrogens is 2. The van der Waals surface area contributed by atoms with Gasteiger partial charge in [0.2, 0.25) is 10.0 Å². The van der Waals surface area contributed by atoms with Gasteiger partial charge in [-0.25, -0.2) is 8.42 Å². The molecule has 1 aliphatic rings. The summed E-state index contributed by atoms with van der Waals surface area (Å²) in [6.45, 7) is 5.30. The number of aryl methyl sites for hydroxylation is 2. The summed E-state index contributed by atoms with van der Waals surface area (Å²) in [4.78, 5) is 0.326. The molecule has 0 radical (unpaired) electrons. The van der Waals surface area contributed by atoms with E-state index >= 15 is 0 Å². The molecule has 1 aliphatic heterocycles. The summed E-state index contributed by atoms with van der Waals surface area (Å²) in [5.74, 6) is 0. The van der Waals surface area contributed by atoms with Crippen molar-refractivity contribution in [2.75, 3.05) is 20.1 Å². The lowest BCUT2D eigenvalue weighted by Crippen LogP contribution is -2.38. The molecule has 6 nitrogen and oxygen atoms in total. The summed E-state index contributed by atoms with van der Waals surface area (Å²) in [7, 11) is -1.78. The van der Waals surface area contributed by atoms with E-state index in [1.165, 1.54) is 4.31 Å². The fourth-order valence-electron chi connectivity index (χ4n) is 2.63. The lowest BCUT2D eigenvalue weighted by molar-refractivity contribution is 0.341. The Hall–Kier alpha value is -0.920. The molecule has 0 spiro atoms. The van der Waals surface area contributed by atoms with Crippen LogP contribution in [0.5, 0.6) is 0 Å². The standard InChI is InChI=1S/C12H22N4O2S/c1-9-12(10(2)15-14-9)19(17,18)16(3)11-5-4-7-13-8-6-11/h11,13H,4-8H2,1-3H3,(H,14,15). The summed E-state index contributed by atoms with van der Waals surface area (Å²) in [5.41, 5.74) is 1.15. The quantitative estimate of drug-likeness (QED) is 0.861. The number of H-pyrrole nitrogens is 1. The number of hydrogen-bond donors (Lipinski definition) is 2. The third-order valence-electron chi connectivity index (χ3n) is 3.76. The van der Waals surface area contributed by atoms with Crippen LogP contribution in [0.15, 0.2) is 4.90 Å². The largest absolute Gasteiger partial charge is 0.317 e. The van der Waals surface area contributed by atoms with Crippen molar-refractivity contribution in [2.45, 2.75) is 44.0 Å². The van der Waals surface area contributed by atoms with Crippen LogP contribution < -0.4 is 5.32 Å². The molecule has 1 fully saturated rings. The lowest BCUT2D eigenvalue weighted by Gasteiger charge is -2.26. The van der Waals surface area contributed by atoms with Crippen molar-refractivity contribution in [3.8, 4) is 0 Å². The first-order valence-electron chi connectivity index (χ1n) is 6.65. The second kappa shape index (κ2) is 5.60. The van der Waals surface area contributed by atoms with Crippen LogP contribution in [0.1, 0.15) is 30.7 Å². The molecule has 0 amide bonds. The predicted molar refractivity (Wildman–Crippen MR) is 73.5 cm³/mol. The van der Waals surface area contributed by atoms with Gasteiger partial charge in [-0.1, -0.05) is 0 Å². The van der Waals surface area contributed by atoms with Gasteiger partial charge in [0.1, 0.15) is 4.90 Å². The predicted octanol–water partition coefficient (Wildman–Crippen LogP) is 0.789. The van der Waals surface area contributed by atoms with E-state index in [2.05, 4.69) is 15.5 Å². The number of rotatable bonds is 3. The van der Waals surface area contributed by atoms with Gasteiger partial charge < -0.3 is 5.32 Å². The van der Waals surface area contributed by atoms with Crippen molar-refractivity contribution in [2.24, 2.45) is 0 Å². The Morgan fingerprint density at radius 3 is 2.63 bits per heavy atom. The molecular formula is C12H22N4O2S. The lowest BCUT2D eigenvalue weighted by atomic mass is 10.1. The number of hydrogen-bond acceptors (Lipinski definition) is 4. The van der Waals surface area contributed by atoms with Crippen LogP contribution in [0.3, 0.4) is 0 Å². The highest BCUT2D eigenvalue weighted by atomic mass is 32.2. The summed E-state index contributed by atoms with van der Waals surface area (Å²) >= 11 is 0. The first kappa shape index (κ1) is 14.5. The maximum Gasteiger partial charge on any atom is 0.246 e. The Morgan fingerprint density at radius 2 is 2.00 bits per heavy atom. The molecule has 108 valence electrons. The molecule has 1 aromatic rings.